The average Bonchev–Trinajstić information content (AvgIpc) is 2.96. The van der Waals surface area contributed by atoms with Gasteiger partial charge in [0.25, 0.3) is 0 Å². The molecule has 0 saturated heterocycles. The monoisotopic (exact) mass is 376 g/mol. The Balaban J connectivity index is 2.12. The van der Waals surface area contributed by atoms with Gasteiger partial charge >= 0.3 is 5.97 Å². The molecule has 134 valence electrons. The molecule has 2 rings (SSSR count). The summed E-state index contributed by atoms with van der Waals surface area (Å²) in [4.78, 5) is 13.1. The third-order valence-corrected chi connectivity index (χ3v) is 5.42. The lowest BCUT2D eigenvalue weighted by atomic mass is 10.0. The first-order valence-corrected chi connectivity index (χ1v) is 9.43. The summed E-state index contributed by atoms with van der Waals surface area (Å²) in [5.74, 6) is -0.358. The largest absolute Gasteiger partial charge is 0.465 e. The molecule has 0 aliphatic rings. The van der Waals surface area contributed by atoms with Crippen LogP contribution in [0.15, 0.2) is 24.3 Å². The highest BCUT2D eigenvalue weighted by molar-refractivity contribution is 7.80. The number of rotatable bonds is 5. The third-order valence-electron chi connectivity index (χ3n) is 4.00. The van der Waals surface area contributed by atoms with Crippen LogP contribution in [0.4, 0.5) is 5.00 Å². The van der Waals surface area contributed by atoms with Crippen LogP contribution in [-0.2, 0) is 11.2 Å². The van der Waals surface area contributed by atoms with E-state index in [1.165, 1.54) is 35.1 Å². The number of carbonyl (C=O) groups excluding carboxylic acids is 1. The number of hydrogen-bond acceptors (Lipinski definition) is 4. The Bertz CT molecular complexity index is 784. The normalized spacial score (nSPS) is 11.7. The number of carbonyl (C=O) groups is 1. The first-order chi connectivity index (χ1) is 11.8. The molecule has 6 heteroatoms. The quantitative estimate of drug-likeness (QED) is 0.582. The highest BCUT2D eigenvalue weighted by atomic mass is 32.1. The highest BCUT2D eigenvalue weighted by Crippen LogP contribution is 2.29. The number of aryl methyl sites for hydroxylation is 3. The molecule has 2 aromatic rings. The second kappa shape index (κ2) is 8.45. The number of thiocarbonyl (C=S) groups is 1. The summed E-state index contributed by atoms with van der Waals surface area (Å²) < 4.78 is 4.86. The summed E-state index contributed by atoms with van der Waals surface area (Å²) in [6.45, 7) is 8.30. The molecule has 1 aromatic carbocycles. The van der Waals surface area contributed by atoms with Crippen molar-refractivity contribution in [1.82, 2.24) is 5.32 Å². The van der Waals surface area contributed by atoms with E-state index in [4.69, 9.17) is 17.0 Å². The minimum Gasteiger partial charge on any atom is -0.465 e. The van der Waals surface area contributed by atoms with Crippen molar-refractivity contribution in [2.75, 3.05) is 12.4 Å². The lowest BCUT2D eigenvalue weighted by Gasteiger charge is -2.19. The molecule has 25 heavy (non-hydrogen) atoms. The number of anilines is 1. The van der Waals surface area contributed by atoms with Crippen molar-refractivity contribution in [2.45, 2.75) is 40.2 Å². The maximum atomic E-state index is 11.9. The highest BCUT2D eigenvalue weighted by Gasteiger charge is 2.18. The average molecular weight is 377 g/mol. The molecule has 0 amide bonds. The number of nitrogens with one attached hydrogen (secondary N) is 2. The van der Waals surface area contributed by atoms with E-state index in [1.54, 1.807) is 0 Å². The van der Waals surface area contributed by atoms with Crippen molar-refractivity contribution in [1.29, 1.82) is 0 Å². The van der Waals surface area contributed by atoms with Crippen molar-refractivity contribution in [3.8, 4) is 0 Å². The van der Waals surface area contributed by atoms with Crippen LogP contribution in [0.25, 0.3) is 0 Å². The van der Waals surface area contributed by atoms with Crippen molar-refractivity contribution >= 4 is 39.6 Å². The van der Waals surface area contributed by atoms with Gasteiger partial charge in [-0.1, -0.05) is 30.7 Å². The maximum Gasteiger partial charge on any atom is 0.340 e. The summed E-state index contributed by atoms with van der Waals surface area (Å²) in [5.41, 5.74) is 4.18. The van der Waals surface area contributed by atoms with Gasteiger partial charge in [-0.2, -0.15) is 0 Å². The maximum absolute atomic E-state index is 11.9. The van der Waals surface area contributed by atoms with E-state index in [9.17, 15) is 4.79 Å². The number of methoxy groups -OCH3 is 1. The second-order valence-electron chi connectivity index (χ2n) is 5.98. The van der Waals surface area contributed by atoms with Crippen LogP contribution < -0.4 is 10.6 Å². The Morgan fingerprint density at radius 2 is 2.04 bits per heavy atom. The molecule has 4 nitrogen and oxygen atoms in total. The summed E-state index contributed by atoms with van der Waals surface area (Å²) >= 11 is 6.96. The Morgan fingerprint density at radius 3 is 2.64 bits per heavy atom. The molecule has 0 aliphatic heterocycles. The fourth-order valence-corrected chi connectivity index (χ4v) is 4.03. The smallest absolute Gasteiger partial charge is 0.340 e. The van der Waals surface area contributed by atoms with Crippen LogP contribution in [0.2, 0.25) is 0 Å². The van der Waals surface area contributed by atoms with E-state index in [0.29, 0.717) is 15.7 Å². The van der Waals surface area contributed by atoms with Crippen LogP contribution in [0.3, 0.4) is 0 Å². The Morgan fingerprint density at radius 1 is 1.32 bits per heavy atom. The standard InChI is InChI=1S/C19H24N2O2S2/c1-6-14-10-16(18(22)23-5)17(25-14)21-19(24)20-13(4)15-8-7-11(2)9-12(15)3/h7-10,13H,6H2,1-5H3,(H2,20,21,24). The molecule has 1 unspecified atom stereocenters. The molecule has 1 aromatic heterocycles. The molecule has 0 aliphatic carbocycles. The van der Waals surface area contributed by atoms with E-state index < -0.39 is 0 Å². The lowest BCUT2D eigenvalue weighted by molar-refractivity contribution is 0.0602. The van der Waals surface area contributed by atoms with Gasteiger partial charge < -0.3 is 15.4 Å². The SMILES string of the molecule is CCc1cc(C(=O)OC)c(NC(=S)NC(C)c2ccc(C)cc2C)s1. The fraction of sp³-hybridized carbons (Fsp3) is 0.368. The van der Waals surface area contributed by atoms with Gasteiger partial charge in [-0.15, -0.1) is 11.3 Å². The van der Waals surface area contributed by atoms with Crippen molar-refractivity contribution in [2.24, 2.45) is 0 Å². The summed E-state index contributed by atoms with van der Waals surface area (Å²) in [7, 11) is 1.38. The molecule has 0 bridgehead atoms. The Labute approximate surface area is 158 Å². The Hall–Kier alpha value is -1.92. The summed E-state index contributed by atoms with van der Waals surface area (Å²) in [5, 5.41) is 7.65. The topological polar surface area (TPSA) is 50.4 Å². The first-order valence-electron chi connectivity index (χ1n) is 8.21. The third kappa shape index (κ3) is 4.80. The van der Waals surface area contributed by atoms with Gasteiger partial charge in [-0.05, 0) is 56.6 Å². The molecule has 0 saturated carbocycles. The molecular weight excluding hydrogens is 352 g/mol. The molecule has 0 fully saturated rings. The number of hydrogen-bond donors (Lipinski definition) is 2. The second-order valence-corrected chi connectivity index (χ2v) is 7.53. The van der Waals surface area contributed by atoms with Crippen LogP contribution in [0.1, 0.15) is 51.8 Å². The molecular formula is C19H24N2O2S2. The van der Waals surface area contributed by atoms with Gasteiger partial charge in [-0.25, -0.2) is 4.79 Å². The van der Waals surface area contributed by atoms with Gasteiger partial charge in [0.15, 0.2) is 5.11 Å². The van der Waals surface area contributed by atoms with E-state index >= 15 is 0 Å². The predicted molar refractivity (Wildman–Crippen MR) is 109 cm³/mol. The van der Waals surface area contributed by atoms with Crippen molar-refractivity contribution < 1.29 is 9.53 Å². The summed E-state index contributed by atoms with van der Waals surface area (Å²) in [6.07, 6.45) is 0.857. The predicted octanol–water partition coefficient (Wildman–Crippen LogP) is 4.76. The molecule has 1 heterocycles. The zero-order chi connectivity index (χ0) is 18.6. The molecule has 1 atom stereocenters. The van der Waals surface area contributed by atoms with E-state index in [-0.39, 0.29) is 12.0 Å². The number of ether oxygens (including phenoxy) is 1. The summed E-state index contributed by atoms with van der Waals surface area (Å²) in [6, 6.07) is 8.29. The zero-order valence-electron chi connectivity index (χ0n) is 15.2. The fourth-order valence-electron chi connectivity index (χ4n) is 2.70. The lowest BCUT2D eigenvalue weighted by Crippen LogP contribution is -2.31. The minimum absolute atomic E-state index is 0.0628. The Kier molecular flexibility index (Phi) is 6.56. The van der Waals surface area contributed by atoms with Gasteiger partial charge in [0, 0.05) is 4.88 Å². The van der Waals surface area contributed by atoms with Gasteiger partial charge in [-0.3, -0.25) is 0 Å². The van der Waals surface area contributed by atoms with Crippen LogP contribution in [-0.4, -0.2) is 18.2 Å². The van der Waals surface area contributed by atoms with E-state index in [0.717, 1.165) is 11.3 Å². The van der Waals surface area contributed by atoms with E-state index in [1.807, 2.05) is 6.07 Å². The minimum atomic E-state index is -0.358. The van der Waals surface area contributed by atoms with Crippen LogP contribution in [0, 0.1) is 13.8 Å². The van der Waals surface area contributed by atoms with Crippen LogP contribution in [0.5, 0.6) is 0 Å². The van der Waals surface area contributed by atoms with Gasteiger partial charge in [0.2, 0.25) is 0 Å². The first kappa shape index (κ1) is 19.4. The van der Waals surface area contributed by atoms with Gasteiger partial charge in [0.1, 0.15) is 5.00 Å². The van der Waals surface area contributed by atoms with Crippen LogP contribution >= 0.6 is 23.6 Å². The van der Waals surface area contributed by atoms with Crippen molar-refractivity contribution in [3.05, 3.63) is 51.4 Å². The number of esters is 1. The number of thiophene rings is 1. The molecule has 0 spiro atoms. The molecule has 0 radical (unpaired) electrons. The number of benzene rings is 1. The molecule has 2 N–H and O–H groups in total. The zero-order valence-corrected chi connectivity index (χ0v) is 16.9. The van der Waals surface area contributed by atoms with E-state index in [2.05, 4.69) is 56.5 Å². The van der Waals surface area contributed by atoms with Crippen molar-refractivity contribution in [3.63, 3.8) is 0 Å². The van der Waals surface area contributed by atoms with Gasteiger partial charge in [0.05, 0.1) is 18.7 Å².